The summed E-state index contributed by atoms with van der Waals surface area (Å²) in [6, 6.07) is 20.3. The van der Waals surface area contributed by atoms with Crippen molar-refractivity contribution in [3.8, 4) is 0 Å². The molecule has 6 nitrogen and oxygen atoms in total. The Bertz CT molecular complexity index is 921. The van der Waals surface area contributed by atoms with Crippen LogP contribution >= 0.6 is 0 Å². The zero-order chi connectivity index (χ0) is 17.2. The van der Waals surface area contributed by atoms with Crippen LogP contribution in [0.3, 0.4) is 0 Å². The average Bonchev–Trinajstić information content (AvgIpc) is 2.83. The highest BCUT2D eigenvalue weighted by Crippen LogP contribution is 2.37. The minimum atomic E-state index is 0.00936. The minimum Gasteiger partial charge on any atom is -0.382 e. The van der Waals surface area contributed by atoms with Crippen LogP contribution in [0.1, 0.15) is 23.6 Å². The van der Waals surface area contributed by atoms with E-state index in [1.54, 1.807) is 0 Å². The van der Waals surface area contributed by atoms with Gasteiger partial charge in [-0.3, -0.25) is 0 Å². The van der Waals surface area contributed by atoms with Crippen molar-refractivity contribution in [1.29, 1.82) is 0 Å². The van der Waals surface area contributed by atoms with Gasteiger partial charge in [-0.05, 0) is 11.1 Å². The van der Waals surface area contributed by atoms with Gasteiger partial charge in [0.05, 0.1) is 11.8 Å². The number of nitrogens with two attached hydrogens (primary N) is 2. The van der Waals surface area contributed by atoms with Crippen molar-refractivity contribution in [2.45, 2.75) is 12.5 Å². The summed E-state index contributed by atoms with van der Waals surface area (Å²) in [4.78, 5) is 13.1. The third-order valence-electron chi connectivity index (χ3n) is 4.19. The Labute approximate surface area is 145 Å². The van der Waals surface area contributed by atoms with Crippen LogP contribution in [-0.2, 0) is 0 Å². The van der Waals surface area contributed by atoms with Crippen LogP contribution in [0.2, 0.25) is 0 Å². The van der Waals surface area contributed by atoms with Gasteiger partial charge in [-0.1, -0.05) is 60.7 Å². The Morgan fingerprint density at radius 2 is 1.56 bits per heavy atom. The fraction of sp³-hybridized carbons (Fsp3) is 0.105. The van der Waals surface area contributed by atoms with Crippen molar-refractivity contribution in [2.75, 3.05) is 16.8 Å². The lowest BCUT2D eigenvalue weighted by Gasteiger charge is -2.18. The summed E-state index contributed by atoms with van der Waals surface area (Å²) in [6.07, 6.45) is 0.698. The number of fused-ring (bicyclic) bond motifs is 1. The first-order valence-electron chi connectivity index (χ1n) is 8.08. The molecule has 1 unspecified atom stereocenters. The number of hydrogen-bond acceptors (Lipinski definition) is 6. The van der Waals surface area contributed by atoms with Gasteiger partial charge in [0.15, 0.2) is 11.6 Å². The molecule has 5 N–H and O–H groups in total. The number of aliphatic imine (C=N–C) groups is 1. The van der Waals surface area contributed by atoms with Gasteiger partial charge in [0.25, 0.3) is 0 Å². The van der Waals surface area contributed by atoms with Gasteiger partial charge in [0.1, 0.15) is 5.69 Å². The Kier molecular flexibility index (Phi) is 3.78. The molecular formula is C19H18N6. The summed E-state index contributed by atoms with van der Waals surface area (Å²) in [5.41, 5.74) is 15.5. The molecule has 25 heavy (non-hydrogen) atoms. The van der Waals surface area contributed by atoms with Crippen LogP contribution in [-0.4, -0.2) is 15.7 Å². The highest BCUT2D eigenvalue weighted by molar-refractivity contribution is 6.04. The number of aromatic nitrogens is 2. The van der Waals surface area contributed by atoms with E-state index in [4.69, 9.17) is 16.5 Å². The molecule has 0 amide bonds. The quantitative estimate of drug-likeness (QED) is 0.669. The first-order chi connectivity index (χ1) is 12.2. The number of nitrogens with one attached hydrogen (secondary N) is 1. The minimum absolute atomic E-state index is 0.00936. The molecule has 1 aromatic heterocycles. The molecule has 1 atom stereocenters. The molecule has 124 valence electrons. The zero-order valence-electron chi connectivity index (χ0n) is 13.6. The van der Waals surface area contributed by atoms with Crippen molar-refractivity contribution in [3.63, 3.8) is 0 Å². The van der Waals surface area contributed by atoms with E-state index in [9.17, 15) is 0 Å². The second kappa shape index (κ2) is 6.24. The lowest BCUT2D eigenvalue weighted by atomic mass is 9.97. The number of hydrogen-bond donors (Lipinski definition) is 3. The van der Waals surface area contributed by atoms with Crippen molar-refractivity contribution >= 4 is 29.0 Å². The monoisotopic (exact) mass is 330 g/mol. The van der Waals surface area contributed by atoms with Crippen molar-refractivity contribution in [3.05, 3.63) is 71.8 Å². The maximum Gasteiger partial charge on any atom is 0.224 e. The lowest BCUT2D eigenvalue weighted by molar-refractivity contribution is 0.822. The van der Waals surface area contributed by atoms with E-state index in [2.05, 4.69) is 27.4 Å². The van der Waals surface area contributed by atoms with Gasteiger partial charge in [-0.15, -0.1) is 0 Å². The van der Waals surface area contributed by atoms with Crippen molar-refractivity contribution < 1.29 is 0 Å². The van der Waals surface area contributed by atoms with Crippen LogP contribution in [0.25, 0.3) is 0 Å². The largest absolute Gasteiger partial charge is 0.382 e. The molecule has 1 aliphatic rings. The number of anilines is 3. The maximum atomic E-state index is 6.06. The number of nitrogens with zero attached hydrogens (tertiary/aromatic N) is 3. The molecule has 0 saturated heterocycles. The van der Waals surface area contributed by atoms with Gasteiger partial charge in [0, 0.05) is 6.42 Å². The van der Waals surface area contributed by atoms with Gasteiger partial charge in [0.2, 0.25) is 5.95 Å². The van der Waals surface area contributed by atoms with Crippen LogP contribution in [0.15, 0.2) is 65.7 Å². The van der Waals surface area contributed by atoms with E-state index in [0.717, 1.165) is 16.8 Å². The van der Waals surface area contributed by atoms with E-state index in [-0.39, 0.29) is 17.8 Å². The van der Waals surface area contributed by atoms with Crippen LogP contribution in [0.4, 0.5) is 23.3 Å². The molecule has 4 rings (SSSR count). The smallest absolute Gasteiger partial charge is 0.224 e. The summed E-state index contributed by atoms with van der Waals surface area (Å²) in [7, 11) is 0. The standard InChI is InChI=1S/C19H18N6/c20-17-16-18(25-19(21)24-17)23-15(13-9-5-2-6-10-13)11-14(22-16)12-7-3-1-4-8-12/h1-10,15H,11H2,(H5,20,21,23,24,25). The summed E-state index contributed by atoms with van der Waals surface area (Å²) in [6.45, 7) is 0. The third-order valence-corrected chi connectivity index (χ3v) is 4.19. The van der Waals surface area contributed by atoms with Gasteiger partial charge in [-0.25, -0.2) is 4.99 Å². The summed E-state index contributed by atoms with van der Waals surface area (Å²) in [5, 5.41) is 3.43. The highest BCUT2D eigenvalue weighted by Gasteiger charge is 2.24. The Hall–Kier alpha value is -3.41. The Balaban J connectivity index is 1.86. The summed E-state index contributed by atoms with van der Waals surface area (Å²) >= 11 is 0. The van der Waals surface area contributed by atoms with Crippen molar-refractivity contribution in [2.24, 2.45) is 4.99 Å². The Morgan fingerprint density at radius 3 is 2.28 bits per heavy atom. The Morgan fingerprint density at radius 1 is 0.880 bits per heavy atom. The predicted octanol–water partition coefficient (Wildman–Crippen LogP) is 3.32. The molecule has 1 aliphatic heterocycles. The third kappa shape index (κ3) is 3.01. The van der Waals surface area contributed by atoms with E-state index in [1.807, 2.05) is 48.5 Å². The van der Waals surface area contributed by atoms with Crippen molar-refractivity contribution in [1.82, 2.24) is 9.97 Å². The molecule has 0 aliphatic carbocycles. The molecule has 3 aromatic rings. The predicted molar refractivity (Wildman–Crippen MR) is 101 cm³/mol. The fourth-order valence-electron chi connectivity index (χ4n) is 2.99. The second-order valence-corrected chi connectivity index (χ2v) is 5.90. The molecule has 2 heterocycles. The number of rotatable bonds is 2. The SMILES string of the molecule is Nc1nc(N)c2c(n1)NC(c1ccccc1)CC(c1ccccc1)=N2. The number of nitrogen functional groups attached to an aromatic ring is 2. The average molecular weight is 330 g/mol. The first kappa shape index (κ1) is 15.1. The molecule has 0 radical (unpaired) electrons. The van der Waals surface area contributed by atoms with Crippen LogP contribution < -0.4 is 16.8 Å². The van der Waals surface area contributed by atoms with E-state index >= 15 is 0 Å². The van der Waals surface area contributed by atoms with Gasteiger partial charge >= 0.3 is 0 Å². The molecule has 2 aromatic carbocycles. The molecule has 0 fully saturated rings. The fourth-order valence-corrected chi connectivity index (χ4v) is 2.99. The molecule has 0 saturated carbocycles. The highest BCUT2D eigenvalue weighted by atomic mass is 15.2. The topological polar surface area (TPSA) is 102 Å². The first-order valence-corrected chi connectivity index (χ1v) is 8.08. The normalized spacial score (nSPS) is 16.3. The summed E-state index contributed by atoms with van der Waals surface area (Å²) in [5.74, 6) is 0.968. The molecule has 6 heteroatoms. The van der Waals surface area contributed by atoms with E-state index in [0.29, 0.717) is 17.9 Å². The maximum absolute atomic E-state index is 6.06. The molecule has 0 spiro atoms. The lowest BCUT2D eigenvalue weighted by Crippen LogP contribution is -2.15. The molecule has 0 bridgehead atoms. The second-order valence-electron chi connectivity index (χ2n) is 5.90. The van der Waals surface area contributed by atoms with Gasteiger partial charge < -0.3 is 16.8 Å². The zero-order valence-corrected chi connectivity index (χ0v) is 13.6. The molecular weight excluding hydrogens is 312 g/mol. The van der Waals surface area contributed by atoms with Gasteiger partial charge in [-0.2, -0.15) is 9.97 Å². The van der Waals surface area contributed by atoms with Crippen LogP contribution in [0.5, 0.6) is 0 Å². The van der Waals surface area contributed by atoms with E-state index < -0.39 is 0 Å². The summed E-state index contributed by atoms with van der Waals surface area (Å²) < 4.78 is 0. The van der Waals surface area contributed by atoms with Crippen LogP contribution in [0, 0.1) is 0 Å². The van der Waals surface area contributed by atoms with E-state index in [1.165, 1.54) is 0 Å². The number of benzene rings is 2.